The van der Waals surface area contributed by atoms with E-state index < -0.39 is 0 Å². The van der Waals surface area contributed by atoms with Gasteiger partial charge in [-0.25, -0.2) is 5.48 Å². The van der Waals surface area contributed by atoms with Gasteiger partial charge >= 0.3 is 0 Å². The first-order chi connectivity index (χ1) is 4.97. The molecule has 1 heterocycles. The van der Waals surface area contributed by atoms with Gasteiger partial charge in [-0.3, -0.25) is 0 Å². The number of benzene rings is 1. The molecule has 1 aromatic rings. The average Bonchev–Trinajstić information content (AvgIpc) is 2.05. The van der Waals surface area contributed by atoms with Crippen molar-refractivity contribution in [1.82, 2.24) is 5.48 Å². The molecule has 0 unspecified atom stereocenters. The molecule has 2 rings (SSSR count). The van der Waals surface area contributed by atoms with Crippen LogP contribution in [0.2, 0.25) is 0 Å². The third kappa shape index (κ3) is 0.739. The van der Waals surface area contributed by atoms with E-state index in [2.05, 4.69) is 11.5 Å². The molecule has 0 atom stereocenters. The minimum absolute atomic E-state index is 0.755. The second kappa shape index (κ2) is 2.06. The van der Waals surface area contributed by atoms with E-state index in [4.69, 9.17) is 4.84 Å². The van der Waals surface area contributed by atoms with Gasteiger partial charge in [-0.2, -0.15) is 0 Å². The molecule has 0 fully saturated rings. The standard InChI is InChI=1S/C8H6NO/c1-2-4-8-7(3-1)5-6-9-10-8/h1-3,5-6,9H. The molecule has 0 spiro atoms. The predicted molar refractivity (Wildman–Crippen MR) is 38.1 cm³/mol. The van der Waals surface area contributed by atoms with Crippen molar-refractivity contribution < 1.29 is 4.84 Å². The van der Waals surface area contributed by atoms with Gasteiger partial charge in [0.25, 0.3) is 0 Å². The number of hydrogen-bond acceptors (Lipinski definition) is 2. The summed E-state index contributed by atoms with van der Waals surface area (Å²) in [6.07, 6.45) is 3.69. The summed E-state index contributed by atoms with van der Waals surface area (Å²) in [6.45, 7) is 0. The van der Waals surface area contributed by atoms with Gasteiger partial charge in [-0.15, -0.1) is 0 Å². The van der Waals surface area contributed by atoms with E-state index in [1.807, 2.05) is 24.3 Å². The zero-order valence-electron chi connectivity index (χ0n) is 5.29. The minimum atomic E-state index is 0.755. The van der Waals surface area contributed by atoms with Crippen LogP contribution in [0.5, 0.6) is 5.75 Å². The molecule has 2 nitrogen and oxygen atoms in total. The summed E-state index contributed by atoms with van der Waals surface area (Å²) in [7, 11) is 0. The molecule has 0 aliphatic carbocycles. The molecular formula is C8H6NO. The third-order valence-corrected chi connectivity index (χ3v) is 1.34. The second-order valence-corrected chi connectivity index (χ2v) is 2.01. The van der Waals surface area contributed by atoms with E-state index in [0.717, 1.165) is 11.3 Å². The molecule has 10 heavy (non-hydrogen) atoms. The van der Waals surface area contributed by atoms with Crippen molar-refractivity contribution in [2.45, 2.75) is 0 Å². The second-order valence-electron chi connectivity index (χ2n) is 2.01. The normalized spacial score (nSPS) is 13.2. The Morgan fingerprint density at radius 2 is 2.50 bits per heavy atom. The maximum Gasteiger partial charge on any atom is 0.170 e. The summed E-state index contributed by atoms with van der Waals surface area (Å²) in [5.74, 6) is 0.755. The summed E-state index contributed by atoms with van der Waals surface area (Å²) < 4.78 is 0. The number of para-hydroxylation sites is 1. The lowest BCUT2D eigenvalue weighted by molar-refractivity contribution is 0.238. The lowest BCUT2D eigenvalue weighted by Crippen LogP contribution is -2.13. The van der Waals surface area contributed by atoms with Crippen LogP contribution in [0.25, 0.3) is 6.08 Å². The molecule has 0 bridgehead atoms. The average molecular weight is 132 g/mol. The zero-order chi connectivity index (χ0) is 6.81. The minimum Gasteiger partial charge on any atom is -0.381 e. The molecule has 0 aromatic heterocycles. The Balaban J connectivity index is 2.54. The summed E-state index contributed by atoms with van der Waals surface area (Å²) in [6, 6.07) is 8.68. The van der Waals surface area contributed by atoms with Crippen molar-refractivity contribution in [2.75, 3.05) is 0 Å². The summed E-state index contributed by atoms with van der Waals surface area (Å²) >= 11 is 0. The molecule has 0 saturated carbocycles. The number of fused-ring (bicyclic) bond motifs is 1. The van der Waals surface area contributed by atoms with Crippen LogP contribution in [0.15, 0.2) is 24.4 Å². The van der Waals surface area contributed by atoms with Gasteiger partial charge < -0.3 is 4.84 Å². The first-order valence-electron chi connectivity index (χ1n) is 3.06. The van der Waals surface area contributed by atoms with Gasteiger partial charge in [0, 0.05) is 17.8 Å². The van der Waals surface area contributed by atoms with Crippen molar-refractivity contribution in [3.8, 4) is 5.75 Å². The Morgan fingerprint density at radius 1 is 1.50 bits per heavy atom. The maximum absolute atomic E-state index is 5.03. The third-order valence-electron chi connectivity index (χ3n) is 1.34. The Bertz CT molecular complexity index is 268. The Hall–Kier alpha value is -1.44. The van der Waals surface area contributed by atoms with Crippen LogP contribution in [-0.4, -0.2) is 0 Å². The molecule has 0 amide bonds. The van der Waals surface area contributed by atoms with Crippen LogP contribution in [0.4, 0.5) is 0 Å². The molecule has 2 heteroatoms. The maximum atomic E-state index is 5.03. The van der Waals surface area contributed by atoms with E-state index in [0.29, 0.717) is 0 Å². The van der Waals surface area contributed by atoms with Crippen molar-refractivity contribution in [3.05, 3.63) is 36.0 Å². The fourth-order valence-electron chi connectivity index (χ4n) is 0.871. The van der Waals surface area contributed by atoms with Crippen molar-refractivity contribution in [2.24, 2.45) is 0 Å². The van der Waals surface area contributed by atoms with Gasteiger partial charge in [-0.1, -0.05) is 18.2 Å². The molecule has 1 aromatic carbocycles. The highest BCUT2D eigenvalue weighted by Crippen LogP contribution is 2.19. The summed E-state index contributed by atoms with van der Waals surface area (Å²) in [4.78, 5) is 5.03. The highest BCUT2D eigenvalue weighted by atomic mass is 16.6. The highest BCUT2D eigenvalue weighted by molar-refractivity contribution is 5.57. The smallest absolute Gasteiger partial charge is 0.170 e. The highest BCUT2D eigenvalue weighted by Gasteiger charge is 2.01. The van der Waals surface area contributed by atoms with Crippen LogP contribution in [-0.2, 0) is 0 Å². The number of hydroxylamine groups is 1. The molecular weight excluding hydrogens is 126 g/mol. The van der Waals surface area contributed by atoms with Gasteiger partial charge in [0.2, 0.25) is 0 Å². The van der Waals surface area contributed by atoms with Crippen molar-refractivity contribution >= 4 is 6.08 Å². The van der Waals surface area contributed by atoms with E-state index in [1.165, 1.54) is 0 Å². The van der Waals surface area contributed by atoms with Crippen LogP contribution in [0, 0.1) is 6.07 Å². The topological polar surface area (TPSA) is 21.3 Å². The Kier molecular flexibility index (Phi) is 1.10. The van der Waals surface area contributed by atoms with Gasteiger partial charge in [0.15, 0.2) is 5.75 Å². The molecule has 49 valence electrons. The first kappa shape index (κ1) is 5.35. The van der Waals surface area contributed by atoms with Crippen molar-refractivity contribution in [1.29, 1.82) is 0 Å². The lowest BCUT2D eigenvalue weighted by atomic mass is 10.2. The number of nitrogens with one attached hydrogen (secondary N) is 1. The van der Waals surface area contributed by atoms with Gasteiger partial charge in [0.1, 0.15) is 0 Å². The number of hydrogen-bond donors (Lipinski definition) is 1. The molecule has 1 N–H and O–H groups in total. The van der Waals surface area contributed by atoms with Gasteiger partial charge in [0.05, 0.1) is 0 Å². The Morgan fingerprint density at radius 3 is 3.40 bits per heavy atom. The van der Waals surface area contributed by atoms with E-state index in [1.54, 1.807) is 6.20 Å². The lowest BCUT2D eigenvalue weighted by Gasteiger charge is -2.10. The van der Waals surface area contributed by atoms with Crippen LogP contribution >= 0.6 is 0 Å². The largest absolute Gasteiger partial charge is 0.381 e. The fraction of sp³-hybridized carbons (Fsp3) is 0. The quantitative estimate of drug-likeness (QED) is 0.575. The summed E-state index contributed by atoms with van der Waals surface area (Å²) in [5.41, 5.74) is 3.69. The predicted octanol–water partition coefficient (Wildman–Crippen LogP) is 1.35. The molecule has 0 saturated heterocycles. The summed E-state index contributed by atoms with van der Waals surface area (Å²) in [5, 5.41) is 0. The number of rotatable bonds is 0. The van der Waals surface area contributed by atoms with Crippen LogP contribution < -0.4 is 10.3 Å². The van der Waals surface area contributed by atoms with E-state index >= 15 is 0 Å². The molecule has 1 aliphatic rings. The monoisotopic (exact) mass is 132 g/mol. The van der Waals surface area contributed by atoms with E-state index in [-0.39, 0.29) is 0 Å². The molecule has 1 radical (unpaired) electrons. The zero-order valence-corrected chi connectivity index (χ0v) is 5.29. The first-order valence-corrected chi connectivity index (χ1v) is 3.06. The fourth-order valence-corrected chi connectivity index (χ4v) is 0.871. The van der Waals surface area contributed by atoms with Crippen LogP contribution in [0.1, 0.15) is 5.56 Å². The Labute approximate surface area is 59.1 Å². The van der Waals surface area contributed by atoms with E-state index in [9.17, 15) is 0 Å². The van der Waals surface area contributed by atoms with Gasteiger partial charge in [-0.05, 0) is 6.08 Å². The molecule has 1 aliphatic heterocycles. The SMILES string of the molecule is [c]1cccc2c1ONC=C2. The van der Waals surface area contributed by atoms with Crippen molar-refractivity contribution in [3.63, 3.8) is 0 Å². The van der Waals surface area contributed by atoms with Crippen LogP contribution in [0.3, 0.4) is 0 Å².